The highest BCUT2D eigenvalue weighted by Gasteiger charge is 2.11. The fraction of sp³-hybridized carbons (Fsp3) is 0.467. The van der Waals surface area contributed by atoms with E-state index in [9.17, 15) is 0 Å². The molecule has 1 N–H and O–H groups in total. The summed E-state index contributed by atoms with van der Waals surface area (Å²) < 4.78 is 6.27. The van der Waals surface area contributed by atoms with E-state index < -0.39 is 0 Å². The molecule has 0 spiro atoms. The van der Waals surface area contributed by atoms with Crippen molar-refractivity contribution in [3.63, 3.8) is 0 Å². The van der Waals surface area contributed by atoms with Crippen molar-refractivity contribution in [2.75, 3.05) is 13.7 Å². The number of nitrogens with one attached hydrogen (secondary N) is 1. The maximum atomic E-state index is 5.26. The summed E-state index contributed by atoms with van der Waals surface area (Å²) in [5.41, 5.74) is 1.30. The Labute approximate surface area is 119 Å². The molecular weight excluding hydrogens is 290 g/mol. The van der Waals surface area contributed by atoms with Gasteiger partial charge in [0.1, 0.15) is 5.75 Å². The summed E-state index contributed by atoms with van der Waals surface area (Å²) >= 11 is 3.54. The minimum absolute atomic E-state index is 0.400. The summed E-state index contributed by atoms with van der Waals surface area (Å²) in [5.74, 6) is 0.875. The molecular formula is C15H22BrNO. The minimum atomic E-state index is 0.400. The van der Waals surface area contributed by atoms with Crippen molar-refractivity contribution in [2.24, 2.45) is 0 Å². The van der Waals surface area contributed by atoms with Gasteiger partial charge in [-0.2, -0.15) is 0 Å². The molecule has 0 aliphatic carbocycles. The third kappa shape index (κ3) is 4.46. The lowest BCUT2D eigenvalue weighted by Gasteiger charge is -2.19. The van der Waals surface area contributed by atoms with Gasteiger partial charge in [-0.15, -0.1) is 6.58 Å². The molecule has 1 aromatic carbocycles. The molecule has 0 aromatic heterocycles. The molecule has 0 saturated carbocycles. The van der Waals surface area contributed by atoms with Crippen LogP contribution in [0.1, 0.15) is 37.8 Å². The number of benzene rings is 1. The van der Waals surface area contributed by atoms with Crippen molar-refractivity contribution >= 4 is 15.9 Å². The molecule has 18 heavy (non-hydrogen) atoms. The largest absolute Gasteiger partial charge is 0.496 e. The molecule has 1 unspecified atom stereocenters. The van der Waals surface area contributed by atoms with Gasteiger partial charge in [-0.1, -0.05) is 19.1 Å². The highest BCUT2D eigenvalue weighted by atomic mass is 79.9. The van der Waals surface area contributed by atoms with Gasteiger partial charge in [-0.3, -0.25) is 0 Å². The van der Waals surface area contributed by atoms with Gasteiger partial charge in [-0.25, -0.2) is 0 Å². The van der Waals surface area contributed by atoms with Gasteiger partial charge in [0.15, 0.2) is 0 Å². The Kier molecular flexibility index (Phi) is 7.06. The van der Waals surface area contributed by atoms with Crippen LogP contribution in [0.15, 0.2) is 35.3 Å². The van der Waals surface area contributed by atoms with Crippen LogP contribution in [0.2, 0.25) is 0 Å². The van der Waals surface area contributed by atoms with Crippen molar-refractivity contribution in [1.29, 1.82) is 0 Å². The summed E-state index contributed by atoms with van der Waals surface area (Å²) in [4.78, 5) is 0. The highest BCUT2D eigenvalue weighted by Crippen LogP contribution is 2.29. The average molecular weight is 312 g/mol. The van der Waals surface area contributed by atoms with Crippen LogP contribution < -0.4 is 10.1 Å². The summed E-state index contributed by atoms with van der Waals surface area (Å²) in [6.07, 6.45) is 5.33. The van der Waals surface area contributed by atoms with E-state index in [-0.39, 0.29) is 0 Å². The van der Waals surface area contributed by atoms with Crippen molar-refractivity contribution in [1.82, 2.24) is 5.32 Å². The van der Waals surface area contributed by atoms with Crippen LogP contribution in [-0.4, -0.2) is 13.7 Å². The van der Waals surface area contributed by atoms with Crippen molar-refractivity contribution in [2.45, 2.75) is 32.2 Å². The minimum Gasteiger partial charge on any atom is -0.496 e. The Morgan fingerprint density at radius 3 is 2.83 bits per heavy atom. The predicted molar refractivity (Wildman–Crippen MR) is 81.2 cm³/mol. The predicted octanol–water partition coefficient (Wildman–Crippen LogP) is 4.46. The van der Waals surface area contributed by atoms with Crippen LogP contribution in [-0.2, 0) is 0 Å². The van der Waals surface area contributed by atoms with Gasteiger partial charge in [0, 0.05) is 6.04 Å². The normalized spacial score (nSPS) is 12.2. The third-order valence-corrected chi connectivity index (χ3v) is 3.55. The van der Waals surface area contributed by atoms with Crippen LogP contribution >= 0.6 is 15.9 Å². The van der Waals surface area contributed by atoms with Crippen LogP contribution in [0.5, 0.6) is 5.75 Å². The zero-order valence-corrected chi connectivity index (χ0v) is 12.8. The molecule has 1 aromatic rings. The fourth-order valence-electron chi connectivity index (χ4n) is 2.00. The van der Waals surface area contributed by atoms with E-state index in [0.29, 0.717) is 6.04 Å². The monoisotopic (exact) mass is 311 g/mol. The number of ether oxygens (including phenoxy) is 1. The molecule has 100 valence electrons. The number of hydrogen-bond acceptors (Lipinski definition) is 2. The Balaban J connectivity index is 2.77. The van der Waals surface area contributed by atoms with E-state index in [2.05, 4.69) is 46.9 Å². The van der Waals surface area contributed by atoms with Crippen molar-refractivity contribution in [3.05, 3.63) is 40.9 Å². The Hall–Kier alpha value is -0.800. The SMILES string of the molecule is C=CCCCC(NCC)c1ccc(OC)c(Br)c1. The van der Waals surface area contributed by atoms with E-state index in [1.165, 1.54) is 5.56 Å². The Morgan fingerprint density at radius 1 is 1.50 bits per heavy atom. The third-order valence-electron chi connectivity index (χ3n) is 2.93. The highest BCUT2D eigenvalue weighted by molar-refractivity contribution is 9.10. The smallest absolute Gasteiger partial charge is 0.133 e. The summed E-state index contributed by atoms with van der Waals surface area (Å²) in [6, 6.07) is 6.68. The van der Waals surface area contributed by atoms with Crippen molar-refractivity contribution in [3.8, 4) is 5.75 Å². The van der Waals surface area contributed by atoms with E-state index in [0.717, 1.165) is 36.0 Å². The Bertz CT molecular complexity index is 379. The number of unbranched alkanes of at least 4 members (excludes halogenated alkanes) is 1. The van der Waals surface area contributed by atoms with E-state index in [1.807, 2.05) is 12.1 Å². The number of methoxy groups -OCH3 is 1. The first-order valence-corrected chi connectivity index (χ1v) is 7.20. The lowest BCUT2D eigenvalue weighted by atomic mass is 10.0. The van der Waals surface area contributed by atoms with Gasteiger partial charge in [0.25, 0.3) is 0 Å². The second-order valence-corrected chi connectivity index (χ2v) is 5.08. The van der Waals surface area contributed by atoms with Crippen LogP contribution in [0.25, 0.3) is 0 Å². The lowest BCUT2D eigenvalue weighted by Crippen LogP contribution is -2.20. The summed E-state index contributed by atoms with van der Waals surface area (Å²) in [7, 11) is 1.69. The van der Waals surface area contributed by atoms with Gasteiger partial charge < -0.3 is 10.1 Å². The zero-order valence-electron chi connectivity index (χ0n) is 11.2. The summed E-state index contributed by atoms with van der Waals surface area (Å²) in [6.45, 7) is 6.88. The first-order valence-electron chi connectivity index (χ1n) is 6.40. The second-order valence-electron chi connectivity index (χ2n) is 4.22. The maximum Gasteiger partial charge on any atom is 0.133 e. The Morgan fingerprint density at radius 2 is 2.28 bits per heavy atom. The molecule has 0 heterocycles. The molecule has 2 nitrogen and oxygen atoms in total. The number of hydrogen-bond donors (Lipinski definition) is 1. The molecule has 1 rings (SSSR count). The van der Waals surface area contributed by atoms with Crippen LogP contribution in [0, 0.1) is 0 Å². The molecule has 0 aliphatic rings. The van der Waals surface area contributed by atoms with E-state index >= 15 is 0 Å². The molecule has 3 heteroatoms. The standard InChI is InChI=1S/C15H22BrNO/c1-4-6-7-8-14(17-5-2)12-9-10-15(18-3)13(16)11-12/h4,9-11,14,17H,1,5-8H2,2-3H3. The second kappa shape index (κ2) is 8.33. The molecule has 0 radical (unpaired) electrons. The van der Waals surface area contributed by atoms with Crippen LogP contribution in [0.3, 0.4) is 0 Å². The van der Waals surface area contributed by atoms with E-state index in [1.54, 1.807) is 7.11 Å². The summed E-state index contributed by atoms with van der Waals surface area (Å²) in [5, 5.41) is 3.53. The maximum absolute atomic E-state index is 5.26. The topological polar surface area (TPSA) is 21.3 Å². The van der Waals surface area contributed by atoms with Gasteiger partial charge in [-0.05, 0) is 59.4 Å². The first kappa shape index (κ1) is 15.3. The molecule has 0 fully saturated rings. The zero-order chi connectivity index (χ0) is 13.4. The average Bonchev–Trinajstić information content (AvgIpc) is 2.38. The number of rotatable bonds is 8. The molecule has 0 aliphatic heterocycles. The first-order chi connectivity index (χ1) is 8.72. The van der Waals surface area contributed by atoms with E-state index in [4.69, 9.17) is 4.74 Å². The molecule has 0 saturated heterocycles. The number of allylic oxidation sites excluding steroid dienone is 1. The van der Waals surface area contributed by atoms with Gasteiger partial charge in [0.2, 0.25) is 0 Å². The van der Waals surface area contributed by atoms with Crippen LogP contribution in [0.4, 0.5) is 0 Å². The molecule has 1 atom stereocenters. The number of halogens is 1. The molecule has 0 bridgehead atoms. The fourth-order valence-corrected chi connectivity index (χ4v) is 2.56. The lowest BCUT2D eigenvalue weighted by molar-refractivity contribution is 0.411. The van der Waals surface area contributed by atoms with Crippen molar-refractivity contribution < 1.29 is 4.74 Å². The van der Waals surface area contributed by atoms with Gasteiger partial charge in [0.05, 0.1) is 11.6 Å². The molecule has 0 amide bonds. The quantitative estimate of drug-likeness (QED) is 0.565. The van der Waals surface area contributed by atoms with Gasteiger partial charge >= 0.3 is 0 Å².